The van der Waals surface area contributed by atoms with E-state index in [1.165, 1.54) is 15.3 Å². The number of thiophene rings is 1. The van der Waals surface area contributed by atoms with E-state index in [9.17, 15) is 0 Å². The highest BCUT2D eigenvalue weighted by Gasteiger charge is 2.15. The zero-order valence-corrected chi connectivity index (χ0v) is 13.5. The van der Waals surface area contributed by atoms with Crippen molar-refractivity contribution in [2.75, 3.05) is 6.26 Å². The summed E-state index contributed by atoms with van der Waals surface area (Å²) in [5.74, 6) is 0. The van der Waals surface area contributed by atoms with Gasteiger partial charge in [0.1, 0.15) is 0 Å². The molecule has 0 nitrogen and oxygen atoms in total. The quantitative estimate of drug-likeness (QED) is 0.494. The molecule has 90 valence electrons. The SMILES string of the molecule is CSc1ccc(C(Cl)c2cc(Br)sc2C)cc1. The second-order valence-corrected chi connectivity index (χ2v) is 7.65. The smallest absolute Gasteiger partial charge is 0.0846 e. The first-order chi connectivity index (χ1) is 8.11. The summed E-state index contributed by atoms with van der Waals surface area (Å²) in [4.78, 5) is 2.53. The monoisotopic (exact) mass is 346 g/mol. The van der Waals surface area contributed by atoms with Crippen molar-refractivity contribution in [3.8, 4) is 0 Å². The lowest BCUT2D eigenvalue weighted by Gasteiger charge is -2.10. The summed E-state index contributed by atoms with van der Waals surface area (Å²) < 4.78 is 1.14. The van der Waals surface area contributed by atoms with Crippen molar-refractivity contribution in [1.29, 1.82) is 0 Å². The van der Waals surface area contributed by atoms with Crippen molar-refractivity contribution in [3.05, 3.63) is 50.1 Å². The maximum absolute atomic E-state index is 6.52. The summed E-state index contributed by atoms with van der Waals surface area (Å²) >= 11 is 13.5. The van der Waals surface area contributed by atoms with Crippen molar-refractivity contribution >= 4 is 50.6 Å². The standard InChI is InChI=1S/C13H12BrClS2/c1-8-11(7-12(14)17-8)13(15)9-3-5-10(16-2)6-4-9/h3-7,13H,1-2H3. The van der Waals surface area contributed by atoms with Gasteiger partial charge in [-0.15, -0.1) is 34.7 Å². The van der Waals surface area contributed by atoms with Crippen molar-refractivity contribution in [1.82, 2.24) is 0 Å². The topological polar surface area (TPSA) is 0 Å². The zero-order valence-electron chi connectivity index (χ0n) is 9.54. The predicted octanol–water partition coefficient (Wildman–Crippen LogP) is 5.87. The zero-order chi connectivity index (χ0) is 12.4. The third kappa shape index (κ3) is 3.08. The lowest BCUT2D eigenvalue weighted by atomic mass is 10.1. The van der Waals surface area contributed by atoms with Crippen LogP contribution in [0, 0.1) is 6.92 Å². The Kier molecular flexibility index (Phi) is 4.59. The van der Waals surface area contributed by atoms with Crippen LogP contribution in [0.4, 0.5) is 0 Å². The largest absolute Gasteiger partial charge is 0.133 e. The minimum absolute atomic E-state index is 0.0616. The van der Waals surface area contributed by atoms with Gasteiger partial charge in [-0.1, -0.05) is 12.1 Å². The molecular formula is C13H12BrClS2. The predicted molar refractivity (Wildman–Crippen MR) is 82.7 cm³/mol. The molecule has 1 aromatic carbocycles. The third-order valence-corrected chi connectivity index (χ3v) is 5.41. The number of hydrogen-bond donors (Lipinski definition) is 0. The lowest BCUT2D eigenvalue weighted by molar-refractivity contribution is 1.13. The van der Waals surface area contributed by atoms with E-state index in [0.29, 0.717) is 0 Å². The Morgan fingerprint density at radius 1 is 1.29 bits per heavy atom. The number of rotatable bonds is 3. The van der Waals surface area contributed by atoms with Gasteiger partial charge in [0.2, 0.25) is 0 Å². The molecule has 0 saturated heterocycles. The average Bonchev–Trinajstić information content (AvgIpc) is 2.68. The number of halogens is 2. The first kappa shape index (κ1) is 13.5. The summed E-state index contributed by atoms with van der Waals surface area (Å²) in [6.45, 7) is 2.11. The van der Waals surface area contributed by atoms with E-state index in [1.807, 2.05) is 0 Å². The molecular weight excluding hydrogens is 336 g/mol. The van der Waals surface area contributed by atoms with Gasteiger partial charge in [-0.3, -0.25) is 0 Å². The van der Waals surface area contributed by atoms with Crippen LogP contribution in [0.1, 0.15) is 21.4 Å². The lowest BCUT2D eigenvalue weighted by Crippen LogP contribution is -1.92. The number of aryl methyl sites for hydroxylation is 1. The summed E-state index contributed by atoms with van der Waals surface area (Å²) in [7, 11) is 0. The summed E-state index contributed by atoms with van der Waals surface area (Å²) in [6.07, 6.45) is 2.08. The Morgan fingerprint density at radius 2 is 1.94 bits per heavy atom. The van der Waals surface area contributed by atoms with Crippen LogP contribution in [0.2, 0.25) is 0 Å². The minimum Gasteiger partial charge on any atom is -0.133 e. The van der Waals surface area contributed by atoms with E-state index in [-0.39, 0.29) is 5.38 Å². The average molecular weight is 348 g/mol. The maximum Gasteiger partial charge on any atom is 0.0846 e. The molecule has 0 N–H and O–H groups in total. The number of hydrogen-bond acceptors (Lipinski definition) is 2. The second kappa shape index (κ2) is 5.79. The molecule has 1 heterocycles. The van der Waals surface area contributed by atoms with Gasteiger partial charge in [-0.05, 0) is 58.4 Å². The fourth-order valence-corrected chi connectivity index (χ4v) is 4.26. The van der Waals surface area contributed by atoms with Crippen molar-refractivity contribution in [3.63, 3.8) is 0 Å². The highest BCUT2D eigenvalue weighted by atomic mass is 79.9. The summed E-state index contributed by atoms with van der Waals surface area (Å²) in [5.41, 5.74) is 2.35. The molecule has 17 heavy (non-hydrogen) atoms. The molecule has 0 spiro atoms. The van der Waals surface area contributed by atoms with E-state index in [0.717, 1.165) is 9.35 Å². The van der Waals surface area contributed by atoms with Gasteiger partial charge in [0.15, 0.2) is 0 Å². The van der Waals surface area contributed by atoms with Gasteiger partial charge < -0.3 is 0 Å². The van der Waals surface area contributed by atoms with E-state index >= 15 is 0 Å². The number of benzene rings is 1. The van der Waals surface area contributed by atoms with Crippen LogP contribution < -0.4 is 0 Å². The first-order valence-electron chi connectivity index (χ1n) is 5.15. The van der Waals surface area contributed by atoms with Crippen LogP contribution in [0.25, 0.3) is 0 Å². The molecule has 0 radical (unpaired) electrons. The Labute approximate surface area is 124 Å². The molecule has 1 atom stereocenters. The van der Waals surface area contributed by atoms with E-state index in [4.69, 9.17) is 11.6 Å². The molecule has 2 aromatic rings. The summed E-state index contributed by atoms with van der Waals surface area (Å²) in [6, 6.07) is 10.6. The Hall–Kier alpha value is 0.0400. The van der Waals surface area contributed by atoms with Crippen LogP contribution in [0.15, 0.2) is 39.0 Å². The number of alkyl halides is 1. The fourth-order valence-electron chi connectivity index (χ4n) is 1.66. The molecule has 0 aliphatic heterocycles. The fraction of sp³-hybridized carbons (Fsp3) is 0.231. The van der Waals surface area contributed by atoms with Gasteiger partial charge in [-0.25, -0.2) is 0 Å². The Morgan fingerprint density at radius 3 is 2.41 bits per heavy atom. The van der Waals surface area contributed by atoms with Crippen LogP contribution in [-0.2, 0) is 0 Å². The molecule has 0 aliphatic rings. The minimum atomic E-state index is -0.0616. The van der Waals surface area contributed by atoms with Crippen LogP contribution in [0.3, 0.4) is 0 Å². The molecule has 1 aromatic heterocycles. The van der Waals surface area contributed by atoms with Crippen LogP contribution in [0.5, 0.6) is 0 Å². The van der Waals surface area contributed by atoms with Gasteiger partial charge in [-0.2, -0.15) is 0 Å². The highest BCUT2D eigenvalue weighted by Crippen LogP contribution is 2.37. The maximum atomic E-state index is 6.52. The third-order valence-electron chi connectivity index (χ3n) is 2.61. The van der Waals surface area contributed by atoms with Crippen LogP contribution >= 0.6 is 50.6 Å². The van der Waals surface area contributed by atoms with Crippen molar-refractivity contribution in [2.45, 2.75) is 17.2 Å². The molecule has 0 fully saturated rings. The Balaban J connectivity index is 2.30. The second-order valence-electron chi connectivity index (χ2n) is 3.70. The highest BCUT2D eigenvalue weighted by molar-refractivity contribution is 9.11. The molecule has 1 unspecified atom stereocenters. The van der Waals surface area contributed by atoms with E-state index < -0.39 is 0 Å². The van der Waals surface area contributed by atoms with Crippen molar-refractivity contribution < 1.29 is 0 Å². The molecule has 2 rings (SSSR count). The van der Waals surface area contributed by atoms with Crippen LogP contribution in [-0.4, -0.2) is 6.26 Å². The van der Waals surface area contributed by atoms with Gasteiger partial charge in [0.25, 0.3) is 0 Å². The van der Waals surface area contributed by atoms with E-state index in [2.05, 4.69) is 59.4 Å². The molecule has 0 saturated carbocycles. The summed E-state index contributed by atoms with van der Waals surface area (Å²) in [5, 5.41) is -0.0616. The van der Waals surface area contributed by atoms with Gasteiger partial charge in [0.05, 0.1) is 9.16 Å². The first-order valence-corrected chi connectivity index (χ1v) is 8.42. The molecule has 0 bridgehead atoms. The van der Waals surface area contributed by atoms with E-state index in [1.54, 1.807) is 23.1 Å². The number of thioether (sulfide) groups is 1. The van der Waals surface area contributed by atoms with Gasteiger partial charge >= 0.3 is 0 Å². The van der Waals surface area contributed by atoms with Crippen molar-refractivity contribution in [2.24, 2.45) is 0 Å². The molecule has 0 amide bonds. The normalized spacial score (nSPS) is 12.7. The van der Waals surface area contributed by atoms with Gasteiger partial charge in [0, 0.05) is 9.77 Å². The molecule has 4 heteroatoms. The molecule has 0 aliphatic carbocycles. The Bertz CT molecular complexity index is 505.